The fraction of sp³-hybridized carbons (Fsp3) is 0.417. The fourth-order valence-electron chi connectivity index (χ4n) is 1.40. The fourth-order valence-corrected chi connectivity index (χ4v) is 2.39. The second-order valence-corrected chi connectivity index (χ2v) is 9.10. The molecular weight excluding hydrogens is 221 g/mol. The average Bonchev–Trinajstić information content (AvgIpc) is 2.18. The maximum Gasteiger partial charge on any atom is 0.185 e. The van der Waals surface area contributed by atoms with E-state index in [1.165, 1.54) is 6.07 Å². The molecule has 0 amide bonds. The summed E-state index contributed by atoms with van der Waals surface area (Å²) < 4.78 is 19.0. The van der Waals surface area contributed by atoms with Gasteiger partial charge >= 0.3 is 0 Å². The Labute approximate surface area is 96.8 Å². The van der Waals surface area contributed by atoms with Crippen molar-refractivity contribution in [1.29, 1.82) is 5.26 Å². The highest BCUT2D eigenvalue weighted by Crippen LogP contribution is 2.14. The molecular formula is C12H16FNOSi. The molecule has 0 radical (unpaired) electrons. The highest BCUT2D eigenvalue weighted by atomic mass is 28.4. The molecule has 1 aromatic carbocycles. The number of rotatable bonds is 4. The summed E-state index contributed by atoms with van der Waals surface area (Å²) in [5.74, 6) is -0.276. The topological polar surface area (TPSA) is 33.0 Å². The van der Waals surface area contributed by atoms with E-state index >= 15 is 0 Å². The Kier molecular flexibility index (Phi) is 4.22. The molecule has 0 aromatic heterocycles. The van der Waals surface area contributed by atoms with Crippen LogP contribution in [0.2, 0.25) is 19.6 Å². The molecule has 0 aliphatic heterocycles. The maximum atomic E-state index is 13.4. The largest absolute Gasteiger partial charge is 0.402 e. The lowest BCUT2D eigenvalue weighted by Gasteiger charge is -2.21. The van der Waals surface area contributed by atoms with Gasteiger partial charge in [0.15, 0.2) is 8.32 Å². The lowest BCUT2D eigenvalue weighted by Crippen LogP contribution is -2.32. The molecule has 0 spiro atoms. The van der Waals surface area contributed by atoms with Crippen LogP contribution in [0.1, 0.15) is 5.56 Å². The molecule has 0 heterocycles. The predicted octanol–water partition coefficient (Wildman–Crippen LogP) is 3.11. The maximum absolute atomic E-state index is 13.4. The van der Waals surface area contributed by atoms with Crippen molar-refractivity contribution in [1.82, 2.24) is 0 Å². The normalized spacial score (nSPS) is 13.2. The summed E-state index contributed by atoms with van der Waals surface area (Å²) in [7, 11) is -1.76. The molecule has 0 aliphatic carbocycles. The molecule has 4 heteroatoms. The third-order valence-corrected chi connectivity index (χ3v) is 2.99. The molecule has 2 nitrogen and oxygen atoms in total. The highest BCUT2D eigenvalue weighted by Gasteiger charge is 2.21. The van der Waals surface area contributed by atoms with Crippen molar-refractivity contribution in [3.05, 3.63) is 35.6 Å². The summed E-state index contributed by atoms with van der Waals surface area (Å²) in [5, 5.41) is 8.97. The Balaban J connectivity index is 2.72. The number of benzene rings is 1. The zero-order chi connectivity index (χ0) is 12.2. The first-order chi connectivity index (χ1) is 7.42. The van der Waals surface area contributed by atoms with E-state index in [1.807, 2.05) is 19.6 Å². The molecule has 1 aromatic rings. The molecule has 0 fully saturated rings. The first-order valence-corrected chi connectivity index (χ1v) is 8.64. The van der Waals surface area contributed by atoms with Crippen LogP contribution in [0.3, 0.4) is 0 Å². The third kappa shape index (κ3) is 4.13. The number of halogens is 1. The van der Waals surface area contributed by atoms with Gasteiger partial charge in [0.2, 0.25) is 0 Å². The minimum atomic E-state index is -1.76. The monoisotopic (exact) mass is 237 g/mol. The summed E-state index contributed by atoms with van der Waals surface area (Å²) in [5.41, 5.74) is 0.535. The molecule has 0 bridgehead atoms. The molecule has 0 unspecified atom stereocenters. The molecule has 16 heavy (non-hydrogen) atoms. The molecule has 0 saturated carbocycles. The van der Waals surface area contributed by atoms with Crippen molar-refractivity contribution in [2.45, 2.75) is 32.2 Å². The van der Waals surface area contributed by atoms with Gasteiger partial charge in [-0.25, -0.2) is 4.39 Å². The summed E-state index contributed by atoms with van der Waals surface area (Å²) >= 11 is 0. The Morgan fingerprint density at radius 2 is 2.00 bits per heavy atom. The highest BCUT2D eigenvalue weighted by molar-refractivity contribution is 6.69. The Morgan fingerprint density at radius 1 is 1.38 bits per heavy atom. The molecule has 0 saturated heterocycles. The van der Waals surface area contributed by atoms with Crippen molar-refractivity contribution in [3.8, 4) is 6.07 Å². The van der Waals surface area contributed by atoms with Gasteiger partial charge < -0.3 is 4.43 Å². The van der Waals surface area contributed by atoms with Crippen LogP contribution >= 0.6 is 0 Å². The van der Waals surface area contributed by atoms with Crippen LogP contribution in [0, 0.1) is 17.1 Å². The van der Waals surface area contributed by atoms with Crippen molar-refractivity contribution in [2.75, 3.05) is 0 Å². The summed E-state index contributed by atoms with van der Waals surface area (Å²) in [6.07, 6.45) is -0.239. The van der Waals surface area contributed by atoms with Crippen LogP contribution in [-0.2, 0) is 10.8 Å². The van der Waals surface area contributed by atoms with Crippen LogP contribution in [0.4, 0.5) is 4.39 Å². The van der Waals surface area contributed by atoms with E-state index in [0.29, 0.717) is 12.0 Å². The van der Waals surface area contributed by atoms with E-state index < -0.39 is 14.4 Å². The zero-order valence-corrected chi connectivity index (χ0v) is 10.8. The SMILES string of the molecule is C[Si](C)(C)O[C@@H](C#N)Cc1ccccc1F. The minimum Gasteiger partial charge on any atom is -0.402 e. The first kappa shape index (κ1) is 12.9. The van der Waals surface area contributed by atoms with Gasteiger partial charge in [0.25, 0.3) is 0 Å². The second kappa shape index (κ2) is 5.24. The van der Waals surface area contributed by atoms with Crippen molar-refractivity contribution >= 4 is 8.32 Å². The average molecular weight is 237 g/mol. The number of hydrogen-bond acceptors (Lipinski definition) is 2. The van der Waals surface area contributed by atoms with E-state index in [-0.39, 0.29) is 5.82 Å². The van der Waals surface area contributed by atoms with Gasteiger partial charge in [0.05, 0.1) is 6.07 Å². The van der Waals surface area contributed by atoms with Crippen LogP contribution in [0.15, 0.2) is 24.3 Å². The second-order valence-electron chi connectivity index (χ2n) is 4.64. The van der Waals surface area contributed by atoms with Gasteiger partial charge in [0.1, 0.15) is 11.9 Å². The molecule has 86 valence electrons. The molecule has 1 rings (SSSR count). The Hall–Kier alpha value is -1.18. The van der Waals surface area contributed by atoms with Crippen LogP contribution in [0.5, 0.6) is 0 Å². The van der Waals surface area contributed by atoms with Gasteiger partial charge in [-0.1, -0.05) is 18.2 Å². The number of nitrogens with zero attached hydrogens (tertiary/aromatic N) is 1. The third-order valence-electron chi connectivity index (χ3n) is 2.00. The number of hydrogen-bond donors (Lipinski definition) is 0. The van der Waals surface area contributed by atoms with E-state index in [9.17, 15) is 4.39 Å². The van der Waals surface area contributed by atoms with E-state index in [0.717, 1.165) is 0 Å². The van der Waals surface area contributed by atoms with Gasteiger partial charge in [-0.2, -0.15) is 5.26 Å². The zero-order valence-electron chi connectivity index (χ0n) is 9.83. The standard InChI is InChI=1S/C12H16FNOSi/c1-16(2,3)15-11(9-14)8-10-6-4-5-7-12(10)13/h4-7,11H,8H2,1-3H3/t11-/m1/s1. The summed E-state index contributed by atoms with van der Waals surface area (Å²) in [6.45, 7) is 6.04. The minimum absolute atomic E-state index is 0.276. The Bertz CT molecular complexity index is 395. The van der Waals surface area contributed by atoms with Gasteiger partial charge in [0, 0.05) is 6.42 Å². The van der Waals surface area contributed by atoms with Crippen LogP contribution in [0.25, 0.3) is 0 Å². The lowest BCUT2D eigenvalue weighted by atomic mass is 10.1. The van der Waals surface area contributed by atoms with E-state index in [4.69, 9.17) is 9.69 Å². The van der Waals surface area contributed by atoms with Gasteiger partial charge in [-0.15, -0.1) is 0 Å². The van der Waals surface area contributed by atoms with Crippen molar-refractivity contribution < 1.29 is 8.82 Å². The number of nitriles is 1. The predicted molar refractivity (Wildman–Crippen MR) is 63.9 cm³/mol. The van der Waals surface area contributed by atoms with Gasteiger partial charge in [-0.05, 0) is 31.3 Å². The lowest BCUT2D eigenvalue weighted by molar-refractivity contribution is 0.248. The molecule has 0 aliphatic rings. The summed E-state index contributed by atoms with van der Waals surface area (Å²) in [4.78, 5) is 0. The van der Waals surface area contributed by atoms with Crippen molar-refractivity contribution in [2.24, 2.45) is 0 Å². The quantitative estimate of drug-likeness (QED) is 0.754. The van der Waals surface area contributed by atoms with Crippen molar-refractivity contribution in [3.63, 3.8) is 0 Å². The Morgan fingerprint density at radius 3 is 2.50 bits per heavy atom. The summed E-state index contributed by atoms with van der Waals surface area (Å²) in [6, 6.07) is 8.57. The molecule has 0 N–H and O–H groups in total. The molecule has 1 atom stereocenters. The van der Waals surface area contributed by atoms with Crippen LogP contribution < -0.4 is 0 Å². The van der Waals surface area contributed by atoms with Gasteiger partial charge in [-0.3, -0.25) is 0 Å². The smallest absolute Gasteiger partial charge is 0.185 e. The van der Waals surface area contributed by atoms with Crippen LogP contribution in [-0.4, -0.2) is 14.4 Å². The first-order valence-electron chi connectivity index (χ1n) is 5.23. The van der Waals surface area contributed by atoms with E-state index in [1.54, 1.807) is 18.2 Å². The van der Waals surface area contributed by atoms with E-state index in [2.05, 4.69) is 6.07 Å².